The second-order valence-electron chi connectivity index (χ2n) is 4.58. The standard InChI is InChI=1S/C14H14N2/c1-8-4-12-13(15-7-8)6-11-5-9(2)10(3)16-14(11)12/h4-5,7H,6H2,1-3H3. The molecule has 1 aliphatic rings. The third-order valence-electron chi connectivity index (χ3n) is 3.27. The number of nitrogens with zero attached hydrogens (tertiary/aromatic N) is 2. The average Bonchev–Trinajstić information content (AvgIpc) is 2.57. The maximum absolute atomic E-state index is 4.70. The minimum atomic E-state index is 0.930. The van der Waals surface area contributed by atoms with Crippen LogP contribution in [0, 0.1) is 20.8 Å². The smallest absolute Gasteiger partial charge is 0.0759 e. The molecule has 0 spiro atoms. The van der Waals surface area contributed by atoms with Crippen LogP contribution in [0.1, 0.15) is 28.1 Å². The quantitative estimate of drug-likeness (QED) is 0.570. The molecule has 0 unspecified atom stereocenters. The van der Waals surface area contributed by atoms with E-state index in [1.54, 1.807) is 0 Å². The van der Waals surface area contributed by atoms with Crippen molar-refractivity contribution in [3.63, 3.8) is 0 Å². The van der Waals surface area contributed by atoms with Crippen LogP contribution in [0.3, 0.4) is 0 Å². The Labute approximate surface area is 95.4 Å². The molecule has 2 aromatic heterocycles. The van der Waals surface area contributed by atoms with E-state index in [2.05, 4.69) is 37.9 Å². The van der Waals surface area contributed by atoms with Crippen LogP contribution in [0.5, 0.6) is 0 Å². The molecule has 2 heterocycles. The normalized spacial score (nSPS) is 12.4. The highest BCUT2D eigenvalue weighted by molar-refractivity contribution is 5.72. The lowest BCUT2D eigenvalue weighted by atomic mass is 10.1. The van der Waals surface area contributed by atoms with E-state index in [-0.39, 0.29) is 0 Å². The molecule has 0 aliphatic heterocycles. The maximum Gasteiger partial charge on any atom is 0.0759 e. The van der Waals surface area contributed by atoms with Gasteiger partial charge in [-0.25, -0.2) is 0 Å². The van der Waals surface area contributed by atoms with Crippen LogP contribution in [-0.4, -0.2) is 9.97 Å². The van der Waals surface area contributed by atoms with E-state index in [1.807, 2.05) is 6.20 Å². The zero-order chi connectivity index (χ0) is 11.3. The van der Waals surface area contributed by atoms with Gasteiger partial charge in [0, 0.05) is 23.9 Å². The van der Waals surface area contributed by atoms with E-state index < -0.39 is 0 Å². The van der Waals surface area contributed by atoms with Crippen molar-refractivity contribution in [1.29, 1.82) is 0 Å². The molecule has 0 saturated heterocycles. The largest absolute Gasteiger partial charge is 0.260 e. The molecule has 3 rings (SSSR count). The van der Waals surface area contributed by atoms with Gasteiger partial charge in [-0.2, -0.15) is 0 Å². The van der Waals surface area contributed by atoms with Gasteiger partial charge in [0.15, 0.2) is 0 Å². The highest BCUT2D eigenvalue weighted by Crippen LogP contribution is 2.35. The summed E-state index contributed by atoms with van der Waals surface area (Å²) in [6, 6.07) is 4.44. The van der Waals surface area contributed by atoms with Crippen molar-refractivity contribution >= 4 is 0 Å². The lowest BCUT2D eigenvalue weighted by Crippen LogP contribution is -1.92. The van der Waals surface area contributed by atoms with Gasteiger partial charge in [-0.3, -0.25) is 9.97 Å². The van der Waals surface area contributed by atoms with Crippen molar-refractivity contribution in [2.45, 2.75) is 27.2 Å². The van der Waals surface area contributed by atoms with Gasteiger partial charge in [0.1, 0.15) is 0 Å². The van der Waals surface area contributed by atoms with Crippen LogP contribution in [0.25, 0.3) is 11.3 Å². The third kappa shape index (κ3) is 1.26. The Balaban J connectivity index is 2.28. The van der Waals surface area contributed by atoms with Gasteiger partial charge < -0.3 is 0 Å². The fraction of sp³-hybridized carbons (Fsp3) is 0.286. The molecule has 1 aliphatic carbocycles. The van der Waals surface area contributed by atoms with Crippen molar-refractivity contribution in [1.82, 2.24) is 9.97 Å². The monoisotopic (exact) mass is 210 g/mol. The molecule has 2 nitrogen and oxygen atoms in total. The predicted molar refractivity (Wildman–Crippen MR) is 64.5 cm³/mol. The summed E-state index contributed by atoms with van der Waals surface area (Å²) < 4.78 is 0. The van der Waals surface area contributed by atoms with E-state index in [1.165, 1.54) is 22.3 Å². The molecule has 0 atom stereocenters. The van der Waals surface area contributed by atoms with E-state index in [9.17, 15) is 0 Å². The Kier molecular flexibility index (Phi) is 1.87. The molecular weight excluding hydrogens is 196 g/mol. The lowest BCUT2D eigenvalue weighted by molar-refractivity contribution is 1.09. The van der Waals surface area contributed by atoms with Crippen LogP contribution in [0.2, 0.25) is 0 Å². The molecule has 0 radical (unpaired) electrons. The highest BCUT2D eigenvalue weighted by Gasteiger charge is 2.21. The molecular formula is C14H14N2. The molecule has 2 aromatic rings. The van der Waals surface area contributed by atoms with Gasteiger partial charge in [0.25, 0.3) is 0 Å². The summed E-state index contributed by atoms with van der Waals surface area (Å²) >= 11 is 0. The number of pyridine rings is 2. The third-order valence-corrected chi connectivity index (χ3v) is 3.27. The molecule has 16 heavy (non-hydrogen) atoms. The van der Waals surface area contributed by atoms with Gasteiger partial charge in [-0.1, -0.05) is 6.07 Å². The molecule has 2 heteroatoms. The van der Waals surface area contributed by atoms with Crippen LogP contribution in [0.4, 0.5) is 0 Å². The number of hydrogen-bond donors (Lipinski definition) is 0. The lowest BCUT2D eigenvalue weighted by Gasteiger charge is -2.04. The van der Waals surface area contributed by atoms with E-state index >= 15 is 0 Å². The summed E-state index contributed by atoms with van der Waals surface area (Å²) in [5, 5.41) is 0. The molecule has 0 saturated carbocycles. The van der Waals surface area contributed by atoms with Crippen molar-refractivity contribution in [3.8, 4) is 11.3 Å². The van der Waals surface area contributed by atoms with Gasteiger partial charge in [0.05, 0.1) is 11.4 Å². The fourth-order valence-electron chi connectivity index (χ4n) is 2.25. The Bertz CT molecular complexity index is 586. The summed E-state index contributed by atoms with van der Waals surface area (Å²) in [5.41, 5.74) is 8.42. The van der Waals surface area contributed by atoms with Gasteiger partial charge >= 0.3 is 0 Å². The minimum Gasteiger partial charge on any atom is -0.260 e. The summed E-state index contributed by atoms with van der Waals surface area (Å²) in [5.74, 6) is 0. The van der Waals surface area contributed by atoms with Crippen molar-refractivity contribution in [2.24, 2.45) is 0 Å². The van der Waals surface area contributed by atoms with Crippen LogP contribution in [0.15, 0.2) is 18.3 Å². The number of aryl methyl sites for hydroxylation is 3. The topological polar surface area (TPSA) is 25.8 Å². The van der Waals surface area contributed by atoms with Crippen LogP contribution in [-0.2, 0) is 6.42 Å². The second-order valence-corrected chi connectivity index (χ2v) is 4.58. The van der Waals surface area contributed by atoms with E-state index in [0.29, 0.717) is 0 Å². The number of aromatic nitrogens is 2. The molecule has 0 bridgehead atoms. The van der Waals surface area contributed by atoms with Gasteiger partial charge in [-0.05, 0) is 43.5 Å². The zero-order valence-corrected chi connectivity index (χ0v) is 9.83. The Morgan fingerprint density at radius 1 is 1.12 bits per heavy atom. The van der Waals surface area contributed by atoms with Crippen molar-refractivity contribution in [2.75, 3.05) is 0 Å². The molecule has 0 N–H and O–H groups in total. The Morgan fingerprint density at radius 3 is 2.75 bits per heavy atom. The van der Waals surface area contributed by atoms with Gasteiger partial charge in [0.2, 0.25) is 0 Å². The van der Waals surface area contributed by atoms with Crippen LogP contribution < -0.4 is 0 Å². The van der Waals surface area contributed by atoms with Crippen molar-refractivity contribution < 1.29 is 0 Å². The first-order valence-corrected chi connectivity index (χ1v) is 5.58. The summed E-state index contributed by atoms with van der Waals surface area (Å²) in [6.45, 7) is 6.26. The first-order chi connectivity index (χ1) is 7.65. The summed E-state index contributed by atoms with van der Waals surface area (Å²) in [4.78, 5) is 9.19. The average molecular weight is 210 g/mol. The summed E-state index contributed by atoms with van der Waals surface area (Å²) in [6.07, 6.45) is 2.86. The number of fused-ring (bicyclic) bond motifs is 3. The van der Waals surface area contributed by atoms with E-state index in [0.717, 1.165) is 23.5 Å². The first kappa shape index (κ1) is 9.52. The SMILES string of the molecule is Cc1cnc2c(c1)-c1nc(C)c(C)cc1C2. The molecule has 0 aromatic carbocycles. The molecule has 80 valence electrons. The Hall–Kier alpha value is -1.70. The number of hydrogen-bond acceptors (Lipinski definition) is 2. The fourth-order valence-corrected chi connectivity index (χ4v) is 2.25. The number of rotatable bonds is 0. The zero-order valence-electron chi connectivity index (χ0n) is 9.83. The summed E-state index contributed by atoms with van der Waals surface area (Å²) in [7, 11) is 0. The van der Waals surface area contributed by atoms with Crippen molar-refractivity contribution in [3.05, 3.63) is 46.4 Å². The predicted octanol–water partition coefficient (Wildman–Crippen LogP) is 2.97. The molecule has 0 fully saturated rings. The minimum absolute atomic E-state index is 0.930. The second kappa shape index (κ2) is 3.14. The Morgan fingerprint density at radius 2 is 1.94 bits per heavy atom. The first-order valence-electron chi connectivity index (χ1n) is 5.58. The van der Waals surface area contributed by atoms with Crippen LogP contribution >= 0.6 is 0 Å². The van der Waals surface area contributed by atoms with Gasteiger partial charge in [-0.15, -0.1) is 0 Å². The van der Waals surface area contributed by atoms with E-state index in [4.69, 9.17) is 4.98 Å². The highest BCUT2D eigenvalue weighted by atomic mass is 14.8. The maximum atomic E-state index is 4.70. The molecule has 0 amide bonds.